The van der Waals surface area contributed by atoms with Crippen LogP contribution in [0.1, 0.15) is 18.1 Å². The van der Waals surface area contributed by atoms with E-state index in [0.29, 0.717) is 6.42 Å². The van der Waals surface area contributed by atoms with Crippen LogP contribution in [0.5, 0.6) is 0 Å². The maximum absolute atomic E-state index is 8.85. The molecule has 19 heavy (non-hydrogen) atoms. The molecule has 1 aromatic heterocycles. The molecule has 1 N–H and O–H groups in total. The average molecular weight is 255 g/mol. The number of hydrogen-bond donors (Lipinski definition) is 1. The molecule has 0 radical (unpaired) electrons. The van der Waals surface area contributed by atoms with E-state index >= 15 is 0 Å². The molecule has 4 heteroatoms. The molecule has 0 spiro atoms. The molecule has 1 fully saturated rings. The van der Waals surface area contributed by atoms with Gasteiger partial charge in [0, 0.05) is 30.2 Å². The fourth-order valence-corrected chi connectivity index (χ4v) is 2.80. The number of nitrogens with one attached hydrogen (secondary N) is 1. The summed E-state index contributed by atoms with van der Waals surface area (Å²) in [7, 11) is 2.08. The van der Waals surface area contributed by atoms with Crippen molar-refractivity contribution < 1.29 is 4.74 Å². The van der Waals surface area contributed by atoms with E-state index < -0.39 is 0 Å². The number of fused-ring (bicyclic) bond motifs is 1. The van der Waals surface area contributed by atoms with Crippen molar-refractivity contribution in [1.82, 2.24) is 9.88 Å². The number of morpholine rings is 1. The zero-order valence-corrected chi connectivity index (χ0v) is 11.0. The summed E-state index contributed by atoms with van der Waals surface area (Å²) in [6.45, 7) is 1.69. The van der Waals surface area contributed by atoms with Crippen molar-refractivity contribution >= 4 is 10.9 Å². The lowest BCUT2D eigenvalue weighted by Gasteiger charge is -2.35. The average Bonchev–Trinajstić information content (AvgIpc) is 2.86. The quantitative estimate of drug-likeness (QED) is 0.896. The molecule has 0 aliphatic carbocycles. The zero-order chi connectivity index (χ0) is 13.2. The van der Waals surface area contributed by atoms with Gasteiger partial charge < -0.3 is 14.6 Å². The summed E-state index contributed by atoms with van der Waals surface area (Å²) in [6.07, 6.45) is 2.44. The third kappa shape index (κ3) is 2.35. The summed E-state index contributed by atoms with van der Waals surface area (Å²) in [5, 5.41) is 10.1. The van der Waals surface area contributed by atoms with E-state index in [4.69, 9.17) is 10.00 Å². The number of H-pyrrole nitrogens is 1. The van der Waals surface area contributed by atoms with Gasteiger partial charge in [-0.05, 0) is 24.7 Å². The smallest absolute Gasteiger partial charge is 0.0963 e. The number of ether oxygens (including phenoxy) is 1. The molecule has 1 aromatic carbocycles. The van der Waals surface area contributed by atoms with Gasteiger partial charge in [0.2, 0.25) is 0 Å². The van der Waals surface area contributed by atoms with Crippen molar-refractivity contribution in [2.75, 3.05) is 20.1 Å². The first-order chi connectivity index (χ1) is 9.28. The van der Waals surface area contributed by atoms with Gasteiger partial charge in [-0.1, -0.05) is 12.1 Å². The Balaban J connectivity index is 1.92. The fourth-order valence-electron chi connectivity index (χ4n) is 2.80. The third-order valence-electron chi connectivity index (χ3n) is 3.64. The van der Waals surface area contributed by atoms with E-state index in [1.807, 2.05) is 12.3 Å². The Morgan fingerprint density at radius 1 is 1.42 bits per heavy atom. The number of hydrogen-bond acceptors (Lipinski definition) is 3. The van der Waals surface area contributed by atoms with E-state index in [-0.39, 0.29) is 12.2 Å². The topological polar surface area (TPSA) is 52.1 Å². The summed E-state index contributed by atoms with van der Waals surface area (Å²) >= 11 is 0. The van der Waals surface area contributed by atoms with Crippen LogP contribution in [0.2, 0.25) is 0 Å². The van der Waals surface area contributed by atoms with E-state index in [0.717, 1.165) is 18.6 Å². The fraction of sp³-hybridized carbons (Fsp3) is 0.400. The predicted molar refractivity (Wildman–Crippen MR) is 73.6 cm³/mol. The summed E-state index contributed by atoms with van der Waals surface area (Å²) in [5.74, 6) is 0. The van der Waals surface area contributed by atoms with Crippen LogP contribution in [-0.4, -0.2) is 36.1 Å². The van der Waals surface area contributed by atoms with Crippen molar-refractivity contribution in [2.45, 2.75) is 18.6 Å². The Morgan fingerprint density at radius 3 is 3.16 bits per heavy atom. The lowest BCUT2D eigenvalue weighted by Crippen LogP contribution is -2.41. The van der Waals surface area contributed by atoms with Gasteiger partial charge in [-0.2, -0.15) is 5.26 Å². The molecule has 0 amide bonds. The molecule has 0 bridgehead atoms. The van der Waals surface area contributed by atoms with Gasteiger partial charge in [-0.3, -0.25) is 0 Å². The van der Waals surface area contributed by atoms with Crippen LogP contribution in [0.15, 0.2) is 30.5 Å². The van der Waals surface area contributed by atoms with Crippen LogP contribution in [-0.2, 0) is 4.74 Å². The highest BCUT2D eigenvalue weighted by atomic mass is 16.5. The number of nitrogens with zero attached hydrogens (tertiary/aromatic N) is 2. The summed E-state index contributed by atoms with van der Waals surface area (Å²) in [6, 6.07) is 10.5. The summed E-state index contributed by atoms with van der Waals surface area (Å²) in [4.78, 5) is 5.46. The molecular formula is C15H17N3O. The second-order valence-electron chi connectivity index (χ2n) is 5.12. The number of aromatic nitrogens is 1. The molecule has 3 rings (SSSR count). The van der Waals surface area contributed by atoms with Crippen LogP contribution in [0.4, 0.5) is 0 Å². The maximum Gasteiger partial charge on any atom is 0.0963 e. The SMILES string of the molecule is CN1CC(CC#N)OC(c2cccc3[nH]ccc23)C1. The predicted octanol–water partition coefficient (Wildman–Crippen LogP) is 2.45. The van der Waals surface area contributed by atoms with Crippen molar-refractivity contribution in [2.24, 2.45) is 0 Å². The molecule has 1 saturated heterocycles. The second kappa shape index (κ2) is 5.04. The van der Waals surface area contributed by atoms with E-state index in [9.17, 15) is 0 Å². The Labute approximate surface area is 112 Å². The van der Waals surface area contributed by atoms with E-state index in [2.05, 4.69) is 41.2 Å². The van der Waals surface area contributed by atoms with Crippen LogP contribution in [0, 0.1) is 11.3 Å². The summed E-state index contributed by atoms with van der Waals surface area (Å²) in [5.41, 5.74) is 2.33. The summed E-state index contributed by atoms with van der Waals surface area (Å²) < 4.78 is 6.08. The number of benzene rings is 1. The minimum Gasteiger partial charge on any atom is -0.367 e. The van der Waals surface area contributed by atoms with Gasteiger partial charge in [0.25, 0.3) is 0 Å². The minimum absolute atomic E-state index is 0.00273. The first-order valence-corrected chi connectivity index (χ1v) is 6.55. The molecule has 2 aromatic rings. The molecule has 1 aliphatic rings. The monoisotopic (exact) mass is 255 g/mol. The molecule has 0 saturated carbocycles. The zero-order valence-electron chi connectivity index (χ0n) is 11.0. The first kappa shape index (κ1) is 12.2. The molecule has 98 valence electrons. The largest absolute Gasteiger partial charge is 0.367 e. The highest BCUT2D eigenvalue weighted by Crippen LogP contribution is 2.30. The minimum atomic E-state index is 0.00273. The Hall–Kier alpha value is -1.83. The van der Waals surface area contributed by atoms with Crippen LogP contribution in [0.3, 0.4) is 0 Å². The van der Waals surface area contributed by atoms with E-state index in [1.165, 1.54) is 10.9 Å². The highest BCUT2D eigenvalue weighted by Gasteiger charge is 2.27. The van der Waals surface area contributed by atoms with Gasteiger partial charge in [0.1, 0.15) is 0 Å². The van der Waals surface area contributed by atoms with Crippen LogP contribution in [0.25, 0.3) is 10.9 Å². The molecular weight excluding hydrogens is 238 g/mol. The van der Waals surface area contributed by atoms with Crippen molar-refractivity contribution in [3.05, 3.63) is 36.0 Å². The normalized spacial score (nSPS) is 24.4. The Morgan fingerprint density at radius 2 is 2.32 bits per heavy atom. The standard InChI is InChI=1S/C15H17N3O/c1-18-9-11(5-7-16)19-15(10-18)13-3-2-4-14-12(13)6-8-17-14/h2-4,6,8,11,15,17H,5,9-10H2,1H3. The molecule has 2 unspecified atom stereocenters. The Bertz CT molecular complexity index is 613. The molecule has 2 atom stereocenters. The van der Waals surface area contributed by atoms with E-state index in [1.54, 1.807) is 0 Å². The van der Waals surface area contributed by atoms with Gasteiger partial charge in [0.15, 0.2) is 0 Å². The van der Waals surface area contributed by atoms with Crippen molar-refractivity contribution in [1.29, 1.82) is 5.26 Å². The number of likely N-dealkylation sites (N-methyl/N-ethyl adjacent to an activating group) is 1. The Kier molecular flexibility index (Phi) is 3.24. The van der Waals surface area contributed by atoms with Gasteiger partial charge in [0.05, 0.1) is 24.7 Å². The number of rotatable bonds is 2. The van der Waals surface area contributed by atoms with Gasteiger partial charge >= 0.3 is 0 Å². The van der Waals surface area contributed by atoms with Crippen LogP contribution < -0.4 is 0 Å². The maximum atomic E-state index is 8.85. The first-order valence-electron chi connectivity index (χ1n) is 6.55. The number of aromatic amines is 1. The van der Waals surface area contributed by atoms with Gasteiger partial charge in [-0.15, -0.1) is 0 Å². The lowest BCUT2D eigenvalue weighted by molar-refractivity contribution is -0.0771. The van der Waals surface area contributed by atoms with Crippen molar-refractivity contribution in [3.8, 4) is 6.07 Å². The molecule has 2 heterocycles. The molecule has 4 nitrogen and oxygen atoms in total. The molecule has 1 aliphatic heterocycles. The lowest BCUT2D eigenvalue weighted by atomic mass is 10.0. The number of nitriles is 1. The third-order valence-corrected chi connectivity index (χ3v) is 3.64. The second-order valence-corrected chi connectivity index (χ2v) is 5.12. The van der Waals surface area contributed by atoms with Gasteiger partial charge in [-0.25, -0.2) is 0 Å². The van der Waals surface area contributed by atoms with Crippen molar-refractivity contribution in [3.63, 3.8) is 0 Å². The van der Waals surface area contributed by atoms with Crippen LogP contribution >= 0.6 is 0 Å². The highest BCUT2D eigenvalue weighted by molar-refractivity contribution is 5.83.